The Bertz CT molecular complexity index is 605. The Balaban J connectivity index is 1.93. The van der Waals surface area contributed by atoms with Crippen molar-refractivity contribution in [1.82, 2.24) is 9.97 Å². The lowest BCUT2D eigenvalue weighted by molar-refractivity contribution is -0.385. The molecule has 0 bridgehead atoms. The molecule has 0 N–H and O–H groups in total. The molecule has 0 aromatic carbocycles. The number of hydrogen-bond acceptors (Lipinski definition) is 6. The second-order valence-corrected chi connectivity index (χ2v) is 7.38. The van der Waals surface area contributed by atoms with Crippen LogP contribution >= 0.6 is 0 Å². The van der Waals surface area contributed by atoms with Gasteiger partial charge >= 0.3 is 5.69 Å². The number of aryl methyl sites for hydroxylation is 1. The predicted octanol–water partition coefficient (Wildman–Crippen LogP) is 3.17. The summed E-state index contributed by atoms with van der Waals surface area (Å²) in [4.78, 5) is 24.6. The molecule has 1 aromatic rings. The average Bonchev–Trinajstić information content (AvgIpc) is 2.55. The molecule has 24 heavy (non-hydrogen) atoms. The van der Waals surface area contributed by atoms with Crippen molar-refractivity contribution < 1.29 is 4.92 Å². The van der Waals surface area contributed by atoms with Crippen molar-refractivity contribution in [2.45, 2.75) is 46.5 Å². The van der Waals surface area contributed by atoms with E-state index in [9.17, 15) is 10.1 Å². The summed E-state index contributed by atoms with van der Waals surface area (Å²) in [5.74, 6) is 2.56. The third-order valence-corrected chi connectivity index (χ3v) is 5.36. The van der Waals surface area contributed by atoms with Crippen LogP contribution in [-0.4, -0.2) is 41.1 Å². The Labute approximate surface area is 143 Å². The molecule has 3 heterocycles. The van der Waals surface area contributed by atoms with Gasteiger partial charge in [0.05, 0.1) is 4.92 Å². The van der Waals surface area contributed by atoms with Crippen LogP contribution in [0.2, 0.25) is 0 Å². The average molecular weight is 333 g/mol. The van der Waals surface area contributed by atoms with Gasteiger partial charge in [-0.1, -0.05) is 13.8 Å². The van der Waals surface area contributed by atoms with Crippen LogP contribution in [0.3, 0.4) is 0 Å². The summed E-state index contributed by atoms with van der Waals surface area (Å²) >= 11 is 0. The molecule has 2 aliphatic heterocycles. The van der Waals surface area contributed by atoms with E-state index in [1.807, 2.05) is 0 Å². The van der Waals surface area contributed by atoms with Gasteiger partial charge in [0.15, 0.2) is 0 Å². The summed E-state index contributed by atoms with van der Waals surface area (Å²) in [6.07, 6.45) is 4.35. The van der Waals surface area contributed by atoms with Gasteiger partial charge in [-0.3, -0.25) is 10.1 Å². The van der Waals surface area contributed by atoms with Gasteiger partial charge in [-0.25, -0.2) is 4.98 Å². The van der Waals surface area contributed by atoms with Crippen LogP contribution in [0.4, 0.5) is 17.5 Å². The van der Waals surface area contributed by atoms with Gasteiger partial charge in [0, 0.05) is 26.2 Å². The molecule has 0 amide bonds. The molecule has 7 heteroatoms. The van der Waals surface area contributed by atoms with Crippen LogP contribution in [0.5, 0.6) is 0 Å². The zero-order valence-corrected chi connectivity index (χ0v) is 14.9. The van der Waals surface area contributed by atoms with E-state index in [0.29, 0.717) is 23.4 Å². The normalized spacial score (nSPS) is 20.5. The molecule has 7 nitrogen and oxygen atoms in total. The summed E-state index contributed by atoms with van der Waals surface area (Å²) in [5, 5.41) is 11.6. The van der Waals surface area contributed by atoms with Crippen LogP contribution in [-0.2, 0) is 0 Å². The number of nitrogens with zero attached hydrogens (tertiary/aromatic N) is 5. The Kier molecular flexibility index (Phi) is 4.87. The molecule has 0 unspecified atom stereocenters. The highest BCUT2D eigenvalue weighted by Gasteiger charge is 2.30. The van der Waals surface area contributed by atoms with Crippen LogP contribution < -0.4 is 9.80 Å². The van der Waals surface area contributed by atoms with Crippen molar-refractivity contribution in [2.75, 3.05) is 36.0 Å². The SMILES string of the molecule is Cc1nc(N2CCC(C)CC2)nc(N2CCC(C)CC2)c1[N+](=O)[O-]. The maximum atomic E-state index is 11.6. The van der Waals surface area contributed by atoms with Crippen molar-refractivity contribution >= 4 is 17.5 Å². The van der Waals surface area contributed by atoms with Gasteiger partial charge in [-0.15, -0.1) is 0 Å². The van der Waals surface area contributed by atoms with E-state index in [-0.39, 0.29) is 10.6 Å². The van der Waals surface area contributed by atoms with Gasteiger partial charge in [0.1, 0.15) is 5.69 Å². The molecule has 1 aromatic heterocycles. The van der Waals surface area contributed by atoms with E-state index in [1.54, 1.807) is 6.92 Å². The molecule has 0 saturated carbocycles. The van der Waals surface area contributed by atoms with E-state index in [4.69, 9.17) is 0 Å². The highest BCUT2D eigenvalue weighted by atomic mass is 16.6. The van der Waals surface area contributed by atoms with Gasteiger partial charge in [-0.2, -0.15) is 4.98 Å². The monoisotopic (exact) mass is 333 g/mol. The van der Waals surface area contributed by atoms with E-state index >= 15 is 0 Å². The van der Waals surface area contributed by atoms with Gasteiger partial charge in [0.25, 0.3) is 0 Å². The summed E-state index contributed by atoms with van der Waals surface area (Å²) in [7, 11) is 0. The number of hydrogen-bond donors (Lipinski definition) is 0. The largest absolute Gasteiger partial charge is 0.351 e. The first-order chi connectivity index (χ1) is 11.5. The Morgan fingerprint density at radius 2 is 1.46 bits per heavy atom. The fourth-order valence-corrected chi connectivity index (χ4v) is 3.54. The highest BCUT2D eigenvalue weighted by Crippen LogP contribution is 2.34. The lowest BCUT2D eigenvalue weighted by Crippen LogP contribution is -2.37. The maximum absolute atomic E-state index is 11.6. The lowest BCUT2D eigenvalue weighted by atomic mass is 9.99. The zero-order valence-electron chi connectivity index (χ0n) is 14.9. The van der Waals surface area contributed by atoms with Crippen molar-refractivity contribution in [2.24, 2.45) is 11.8 Å². The minimum absolute atomic E-state index is 0.0682. The topological polar surface area (TPSA) is 75.4 Å². The third kappa shape index (κ3) is 3.44. The Morgan fingerprint density at radius 1 is 0.958 bits per heavy atom. The quantitative estimate of drug-likeness (QED) is 0.625. The molecule has 2 fully saturated rings. The molecule has 2 saturated heterocycles. The molecule has 132 valence electrons. The molecular weight excluding hydrogens is 306 g/mol. The van der Waals surface area contributed by atoms with Crippen LogP contribution in [0.25, 0.3) is 0 Å². The number of aromatic nitrogens is 2. The molecular formula is C17H27N5O2. The number of piperidine rings is 2. The van der Waals surface area contributed by atoms with Crippen molar-refractivity contribution in [3.8, 4) is 0 Å². The summed E-state index contributed by atoms with van der Waals surface area (Å²) < 4.78 is 0. The van der Waals surface area contributed by atoms with Gasteiger partial charge in [0.2, 0.25) is 11.8 Å². The van der Waals surface area contributed by atoms with E-state index < -0.39 is 0 Å². The number of nitro groups is 1. The summed E-state index contributed by atoms with van der Waals surface area (Å²) in [6, 6.07) is 0. The van der Waals surface area contributed by atoms with E-state index in [0.717, 1.165) is 57.8 Å². The fourth-order valence-electron chi connectivity index (χ4n) is 3.54. The minimum Gasteiger partial charge on any atom is -0.351 e. The third-order valence-electron chi connectivity index (χ3n) is 5.36. The van der Waals surface area contributed by atoms with E-state index in [2.05, 4.69) is 33.6 Å². The zero-order chi connectivity index (χ0) is 17.3. The molecule has 0 spiro atoms. The predicted molar refractivity (Wildman–Crippen MR) is 94.6 cm³/mol. The summed E-state index contributed by atoms with van der Waals surface area (Å²) in [5.41, 5.74) is 0.538. The molecule has 0 aliphatic carbocycles. The molecule has 2 aliphatic rings. The van der Waals surface area contributed by atoms with Crippen molar-refractivity contribution in [3.05, 3.63) is 15.8 Å². The highest BCUT2D eigenvalue weighted by molar-refractivity contribution is 5.63. The van der Waals surface area contributed by atoms with E-state index in [1.165, 1.54) is 0 Å². The minimum atomic E-state index is -0.329. The molecule has 3 rings (SSSR count). The smallest absolute Gasteiger partial charge is 0.332 e. The maximum Gasteiger partial charge on any atom is 0.332 e. The Hall–Kier alpha value is -1.92. The molecule has 0 atom stereocenters. The first-order valence-corrected chi connectivity index (χ1v) is 8.98. The molecule has 0 radical (unpaired) electrons. The fraction of sp³-hybridized carbons (Fsp3) is 0.765. The second kappa shape index (κ2) is 6.91. The van der Waals surface area contributed by atoms with Crippen LogP contribution in [0, 0.1) is 28.9 Å². The first kappa shape index (κ1) is 16.9. The van der Waals surface area contributed by atoms with Crippen molar-refractivity contribution in [3.63, 3.8) is 0 Å². The van der Waals surface area contributed by atoms with Crippen LogP contribution in [0.15, 0.2) is 0 Å². The van der Waals surface area contributed by atoms with Gasteiger partial charge < -0.3 is 9.80 Å². The Morgan fingerprint density at radius 3 is 1.96 bits per heavy atom. The summed E-state index contributed by atoms with van der Waals surface area (Å²) in [6.45, 7) is 9.73. The number of anilines is 2. The second-order valence-electron chi connectivity index (χ2n) is 7.38. The first-order valence-electron chi connectivity index (χ1n) is 8.98. The lowest BCUT2D eigenvalue weighted by Gasteiger charge is -2.33. The number of rotatable bonds is 3. The van der Waals surface area contributed by atoms with Gasteiger partial charge in [-0.05, 0) is 44.4 Å². The standard InChI is InChI=1S/C17H27N5O2/c1-12-4-8-20(9-5-12)16-15(22(23)24)14(3)18-17(19-16)21-10-6-13(2)7-11-21/h12-13H,4-11H2,1-3H3. The van der Waals surface area contributed by atoms with Crippen LogP contribution in [0.1, 0.15) is 45.2 Å². The van der Waals surface area contributed by atoms with Crippen molar-refractivity contribution in [1.29, 1.82) is 0 Å².